The molecule has 0 radical (unpaired) electrons. The van der Waals surface area contributed by atoms with E-state index in [1.165, 1.54) is 11.1 Å². The molecule has 10 nitrogen and oxygen atoms in total. The Morgan fingerprint density at radius 1 is 1.02 bits per heavy atom. The summed E-state index contributed by atoms with van der Waals surface area (Å²) in [6.07, 6.45) is 10.0. The van der Waals surface area contributed by atoms with Gasteiger partial charge in [-0.2, -0.15) is 0 Å². The second kappa shape index (κ2) is 16.3. The van der Waals surface area contributed by atoms with E-state index >= 15 is 0 Å². The van der Waals surface area contributed by atoms with Crippen LogP contribution in [0.15, 0.2) is 48.6 Å². The molecule has 3 aliphatic heterocycles. The number of hydrogen-bond acceptors (Lipinski definition) is 9. The number of nitrogens with one attached hydrogen (secondary N) is 1. The summed E-state index contributed by atoms with van der Waals surface area (Å²) >= 11 is 6.52. The summed E-state index contributed by atoms with van der Waals surface area (Å²) in [6, 6.07) is 12.4. The number of rotatable bonds is 6. The van der Waals surface area contributed by atoms with Gasteiger partial charge in [-0.15, -0.1) is 0 Å². The first-order valence-corrected chi connectivity index (χ1v) is 22.3. The number of hydrogen-bond donors (Lipinski definition) is 1. The number of benzene rings is 2. The zero-order valence-electron chi connectivity index (χ0n) is 33.6. The molecule has 12 heteroatoms. The Labute approximate surface area is 333 Å². The van der Waals surface area contributed by atoms with Gasteiger partial charge < -0.3 is 19.1 Å². The molecule has 55 heavy (non-hydrogen) atoms. The fourth-order valence-corrected chi connectivity index (χ4v) is 11.9. The van der Waals surface area contributed by atoms with Crippen LogP contribution in [0.1, 0.15) is 81.3 Å². The second-order valence-corrected chi connectivity index (χ2v) is 19.8. The van der Waals surface area contributed by atoms with Crippen molar-refractivity contribution in [3.8, 4) is 5.75 Å². The molecule has 1 amide bonds. The lowest BCUT2D eigenvalue weighted by Gasteiger charge is -2.53. The highest BCUT2D eigenvalue weighted by molar-refractivity contribution is 7.90. The van der Waals surface area contributed by atoms with Crippen LogP contribution in [0.25, 0.3) is 0 Å². The van der Waals surface area contributed by atoms with Gasteiger partial charge in [0.1, 0.15) is 11.4 Å². The molecule has 2 aromatic rings. The van der Waals surface area contributed by atoms with Crippen LogP contribution in [0.2, 0.25) is 5.02 Å². The van der Waals surface area contributed by atoms with E-state index in [1.54, 1.807) is 20.1 Å². The summed E-state index contributed by atoms with van der Waals surface area (Å²) in [5, 5.41) is -0.0425. The monoisotopic (exact) mass is 796 g/mol. The smallest absolute Gasteiger partial charge is 0.264 e. The zero-order chi connectivity index (χ0) is 39.1. The topological polar surface area (TPSA) is 101 Å². The number of aryl methyl sites for hydroxylation is 1. The molecule has 0 unspecified atom stereocenters. The van der Waals surface area contributed by atoms with E-state index in [2.05, 4.69) is 57.6 Å². The molecule has 302 valence electrons. The van der Waals surface area contributed by atoms with Gasteiger partial charge in [0.15, 0.2) is 0 Å². The molecule has 2 aromatic carbocycles. The summed E-state index contributed by atoms with van der Waals surface area (Å²) in [5.74, 6) is 0.421. The molecular weight excluding hydrogens is 736 g/mol. The number of sulfonamides is 1. The number of halogens is 1. The molecule has 7 rings (SSSR count). The summed E-state index contributed by atoms with van der Waals surface area (Å²) in [4.78, 5) is 21.3. The van der Waals surface area contributed by atoms with Crippen LogP contribution in [-0.2, 0) is 31.3 Å². The van der Waals surface area contributed by atoms with Gasteiger partial charge in [0.05, 0.1) is 24.2 Å². The number of piperazine rings is 1. The van der Waals surface area contributed by atoms with Crippen LogP contribution in [0.3, 0.4) is 0 Å². The predicted octanol–water partition coefficient (Wildman–Crippen LogP) is 6.31. The lowest BCUT2D eigenvalue weighted by Crippen LogP contribution is -2.62. The summed E-state index contributed by atoms with van der Waals surface area (Å²) in [6.45, 7) is 14.5. The number of anilines is 1. The Balaban J connectivity index is 1.28. The predicted molar refractivity (Wildman–Crippen MR) is 219 cm³/mol. The van der Waals surface area contributed by atoms with E-state index in [0.717, 1.165) is 75.5 Å². The molecule has 5 aliphatic rings. The minimum Gasteiger partial charge on any atom is -0.490 e. The van der Waals surface area contributed by atoms with E-state index in [1.807, 2.05) is 32.2 Å². The van der Waals surface area contributed by atoms with Gasteiger partial charge in [-0.3, -0.25) is 14.6 Å². The molecule has 2 fully saturated rings. The Morgan fingerprint density at radius 3 is 2.51 bits per heavy atom. The van der Waals surface area contributed by atoms with E-state index in [-0.39, 0.29) is 17.3 Å². The molecule has 2 aliphatic carbocycles. The second-order valence-electron chi connectivity index (χ2n) is 17.3. The van der Waals surface area contributed by atoms with Crippen molar-refractivity contribution in [2.45, 2.75) is 94.6 Å². The van der Waals surface area contributed by atoms with Crippen molar-refractivity contribution in [2.75, 3.05) is 71.6 Å². The molecule has 3 heterocycles. The van der Waals surface area contributed by atoms with Crippen LogP contribution in [0.4, 0.5) is 5.69 Å². The molecule has 1 saturated heterocycles. The highest BCUT2D eigenvalue weighted by Crippen LogP contribution is 2.49. The van der Waals surface area contributed by atoms with Crippen molar-refractivity contribution in [3.63, 3.8) is 0 Å². The average Bonchev–Trinajstić information content (AvgIpc) is 3.28. The lowest BCUT2D eigenvalue weighted by molar-refractivity contribution is -0.103. The number of amides is 1. The maximum Gasteiger partial charge on any atom is 0.264 e. The first-order chi connectivity index (χ1) is 26.3. The van der Waals surface area contributed by atoms with E-state index in [4.69, 9.17) is 25.8 Å². The molecular formula is C43H61ClN4O6S. The van der Waals surface area contributed by atoms with Gasteiger partial charge in [-0.05, 0) is 119 Å². The maximum atomic E-state index is 13.7. The van der Waals surface area contributed by atoms with Crippen molar-refractivity contribution < 1.29 is 27.4 Å². The van der Waals surface area contributed by atoms with Crippen LogP contribution in [0.5, 0.6) is 5.75 Å². The third-order valence-electron chi connectivity index (χ3n) is 13.8. The quantitative estimate of drug-likeness (QED) is 0.338. The number of fused-ring (bicyclic) bond motifs is 4. The molecule has 8 atom stereocenters. The number of ether oxygens (including phenoxy) is 3. The zero-order valence-corrected chi connectivity index (χ0v) is 35.1. The highest BCUT2D eigenvalue weighted by atomic mass is 35.5. The maximum absolute atomic E-state index is 13.7. The summed E-state index contributed by atoms with van der Waals surface area (Å²) in [7, 11) is -0.352. The number of methoxy groups -OCH3 is 2. The lowest BCUT2D eigenvalue weighted by atomic mass is 9.63. The highest BCUT2D eigenvalue weighted by Gasteiger charge is 2.50. The third kappa shape index (κ3) is 8.08. The number of nitrogens with zero attached hydrogens (tertiary/aromatic N) is 3. The van der Waals surface area contributed by atoms with E-state index in [0.29, 0.717) is 55.5 Å². The van der Waals surface area contributed by atoms with Crippen molar-refractivity contribution in [1.29, 1.82) is 0 Å². The molecule has 1 spiro atoms. The Hall–Kier alpha value is -2.67. The van der Waals surface area contributed by atoms with Crippen LogP contribution >= 0.6 is 11.6 Å². The van der Waals surface area contributed by atoms with Crippen LogP contribution in [0, 0.1) is 17.8 Å². The van der Waals surface area contributed by atoms with Crippen molar-refractivity contribution >= 4 is 33.2 Å². The summed E-state index contributed by atoms with van der Waals surface area (Å²) < 4.78 is 48.7. The molecule has 0 aromatic heterocycles. The van der Waals surface area contributed by atoms with Crippen molar-refractivity contribution in [3.05, 3.63) is 70.3 Å². The standard InChI is InChI=1S/C43H61ClN4O6S/c1-29-9-7-18-43(53-6,27-46-23-30(2)48(19-20-52-5)31(3)24-46)38-14-11-35(38)25-47-26-42(17-8-10-33-21-36(44)13-15-37(33)42)28-54-40-16-12-34(22-39(40)47)41(49)45-55(50,51)32(29)4/h7,12-13,15-16,18,21-22,29-32,35,38H,8-11,14,17,19-20,23-28H2,1-6H3,(H,45,49)/b18-7-/t29-,30-,31+,32+,35-,38+,42-,43+/m0/s1. The first-order valence-electron chi connectivity index (χ1n) is 20.3. The first kappa shape index (κ1) is 40.5. The van der Waals surface area contributed by atoms with Gasteiger partial charge in [0, 0.05) is 81.6 Å². The fourth-order valence-electron chi connectivity index (χ4n) is 10.4. The number of allylic oxidation sites excluding steroid dienone is 1. The number of carbonyl (C=O) groups excluding carboxylic acids is 1. The SMILES string of the molecule is COCCN1[C@H](C)CN(C[C@]2(OC)/C=C\C[C@H](C)[C@@H](C)S(=O)(=O)NC(=O)c3ccc4c(c3)N(C[C@@H]3CC[C@H]32)C[C@@]2(CCCc3cc(Cl)ccc32)CO4)C[C@@H]1C. The summed E-state index contributed by atoms with van der Waals surface area (Å²) in [5.41, 5.74) is 2.84. The Morgan fingerprint density at radius 2 is 1.80 bits per heavy atom. The Bertz CT molecular complexity index is 1850. The molecule has 1 saturated carbocycles. The van der Waals surface area contributed by atoms with Gasteiger partial charge in [-0.25, -0.2) is 13.1 Å². The van der Waals surface area contributed by atoms with Gasteiger partial charge >= 0.3 is 0 Å². The number of carbonyl (C=O) groups is 1. The van der Waals surface area contributed by atoms with Crippen LogP contribution in [-0.4, -0.2) is 114 Å². The molecule has 2 bridgehead atoms. The normalized spacial score (nSPS) is 34.7. The minimum absolute atomic E-state index is 0.231. The van der Waals surface area contributed by atoms with Gasteiger partial charge in [-0.1, -0.05) is 36.7 Å². The van der Waals surface area contributed by atoms with Crippen molar-refractivity contribution in [1.82, 2.24) is 14.5 Å². The minimum atomic E-state index is -3.97. The fraction of sp³-hybridized carbons (Fsp3) is 0.651. The van der Waals surface area contributed by atoms with E-state index in [9.17, 15) is 13.2 Å². The van der Waals surface area contributed by atoms with Gasteiger partial charge in [0.25, 0.3) is 5.91 Å². The van der Waals surface area contributed by atoms with Crippen molar-refractivity contribution in [2.24, 2.45) is 17.8 Å². The third-order valence-corrected chi connectivity index (χ3v) is 16.0. The van der Waals surface area contributed by atoms with Gasteiger partial charge in [0.2, 0.25) is 10.0 Å². The Kier molecular flexibility index (Phi) is 12.0. The van der Waals surface area contributed by atoms with Crippen LogP contribution < -0.4 is 14.4 Å². The largest absolute Gasteiger partial charge is 0.490 e. The average molecular weight is 798 g/mol. The molecule has 1 N–H and O–H groups in total. The van der Waals surface area contributed by atoms with E-state index < -0.39 is 26.8 Å².